The van der Waals surface area contributed by atoms with E-state index in [4.69, 9.17) is 5.48 Å². The lowest BCUT2D eigenvalue weighted by Crippen LogP contribution is -2.62. The van der Waals surface area contributed by atoms with Crippen molar-refractivity contribution in [2.24, 2.45) is 34.5 Å². The van der Waals surface area contributed by atoms with Gasteiger partial charge in [-0.15, -0.1) is 0 Å². The summed E-state index contributed by atoms with van der Waals surface area (Å²) in [5.74, 6) is -5.66. The van der Waals surface area contributed by atoms with Crippen LogP contribution in [0, 0.1) is 34.5 Å². The number of aliphatic hydroxyl groups is 3. The summed E-state index contributed by atoms with van der Waals surface area (Å²) in [6.45, 7) is -0.215. The third-order valence-corrected chi connectivity index (χ3v) is 8.27. The zero-order valence-corrected chi connectivity index (χ0v) is 15.4. The topological polar surface area (TPSA) is 94.8 Å². The molecule has 5 heteroatoms. The molecule has 5 nitrogen and oxygen atoms in total. The molecule has 8 atom stereocenters. The van der Waals surface area contributed by atoms with Gasteiger partial charge in [-0.3, -0.25) is 9.59 Å². The number of Topliss-reactive ketones (excluding diaryl/α,β-unsaturated/α-hetero) is 2. The monoisotopic (exact) mass is 369 g/mol. The Balaban J connectivity index is 1.87. The lowest BCUT2D eigenvalue weighted by Gasteiger charge is -2.60. The molecule has 3 N–H and O–H groups in total. The van der Waals surface area contributed by atoms with Gasteiger partial charge >= 0.3 is 0 Å². The summed E-state index contributed by atoms with van der Waals surface area (Å²) < 4.78 is 42.0. The second-order valence-corrected chi connectivity index (χ2v) is 9.24. The molecule has 4 rings (SSSR count). The number of hydrogen-bond donors (Lipinski definition) is 3. The van der Waals surface area contributed by atoms with Crippen molar-refractivity contribution in [3.05, 3.63) is 0 Å². The summed E-state index contributed by atoms with van der Waals surface area (Å²) in [6, 6.07) is 0. The summed E-state index contributed by atoms with van der Waals surface area (Å²) in [4.78, 5) is 26.6. The van der Waals surface area contributed by atoms with E-state index in [1.54, 1.807) is 0 Å². The number of ketones is 2. The highest BCUT2D eigenvalue weighted by atomic mass is 16.3. The minimum atomic E-state index is -3.37. The van der Waals surface area contributed by atoms with Crippen molar-refractivity contribution in [2.45, 2.75) is 76.9 Å². The van der Waals surface area contributed by atoms with Crippen LogP contribution in [0.4, 0.5) is 0 Å². The maximum absolute atomic E-state index is 13.8. The molecule has 4 aliphatic carbocycles. The van der Waals surface area contributed by atoms with Gasteiger partial charge in [0, 0.05) is 21.8 Å². The summed E-state index contributed by atoms with van der Waals surface area (Å²) in [6.07, 6.45) is -0.957. The molecule has 0 unspecified atom stereocenters. The van der Waals surface area contributed by atoms with Crippen molar-refractivity contribution in [2.75, 3.05) is 6.56 Å². The molecule has 0 aromatic rings. The minimum Gasteiger partial charge on any atom is -0.393 e. The number of fused-ring (bicyclic) bond motifs is 5. The molecule has 0 radical (unpaired) electrons. The first-order chi connectivity index (χ1) is 14.0. The Morgan fingerprint density at radius 3 is 2.73 bits per heavy atom. The predicted octanol–water partition coefficient (Wildman–Crippen LogP) is 1.86. The third kappa shape index (κ3) is 2.20. The van der Waals surface area contributed by atoms with Gasteiger partial charge in [0.15, 0.2) is 5.78 Å². The molecule has 4 aliphatic rings. The first-order valence-corrected chi connectivity index (χ1v) is 9.72. The van der Waals surface area contributed by atoms with Gasteiger partial charge in [0.25, 0.3) is 0 Å². The van der Waals surface area contributed by atoms with Gasteiger partial charge < -0.3 is 15.3 Å². The fraction of sp³-hybridized carbons (Fsp3) is 0.905. The first kappa shape index (κ1) is 13.4. The van der Waals surface area contributed by atoms with E-state index in [2.05, 4.69) is 0 Å². The molecule has 4 saturated carbocycles. The van der Waals surface area contributed by atoms with Crippen molar-refractivity contribution in [3.63, 3.8) is 0 Å². The molecule has 0 aromatic heterocycles. The minimum absolute atomic E-state index is 0.0948. The molecule has 0 bridgehead atoms. The number of carbonyl (C=O) groups is 2. The summed E-state index contributed by atoms with van der Waals surface area (Å²) >= 11 is 0. The van der Waals surface area contributed by atoms with Crippen LogP contribution in [0.15, 0.2) is 0 Å². The normalized spacial score (nSPS) is 61.7. The van der Waals surface area contributed by atoms with E-state index in [1.807, 2.05) is 6.92 Å². The van der Waals surface area contributed by atoms with Crippen molar-refractivity contribution in [1.29, 1.82) is 0 Å². The van der Waals surface area contributed by atoms with Gasteiger partial charge in [-0.05, 0) is 68.1 Å². The second-order valence-electron chi connectivity index (χ2n) is 9.24. The van der Waals surface area contributed by atoms with E-state index >= 15 is 0 Å². The smallest absolute Gasteiger partial charge is 0.190 e. The maximum Gasteiger partial charge on any atom is 0.190 e. The number of rotatable bonds is 2. The fourth-order valence-corrected chi connectivity index (χ4v) is 6.71. The lowest BCUT2D eigenvalue weighted by atomic mass is 9.44. The van der Waals surface area contributed by atoms with Crippen LogP contribution in [0.3, 0.4) is 0 Å². The van der Waals surface area contributed by atoms with Crippen LogP contribution in [0.25, 0.3) is 0 Å². The Hall–Kier alpha value is -0.780. The van der Waals surface area contributed by atoms with E-state index in [0.29, 0.717) is 32.1 Å². The van der Waals surface area contributed by atoms with Crippen LogP contribution in [-0.4, -0.2) is 45.2 Å². The lowest BCUT2D eigenvalue weighted by molar-refractivity contribution is -0.180. The standard InChI is InChI=1S/C21H32O5/c1-19-7-5-13(23)9-12(19)3-4-14-15-6-8-21(26,17(25)11-22)20(15,2)10-16(24)18(14)19/h12-15,18,22-23,26H,3-11H2,1-2H3/t12-,13-,14+,15+,18-,19+,20+,21+/m1/s1/i10D2,11D2,18D. The molecule has 26 heavy (non-hydrogen) atoms. The van der Waals surface area contributed by atoms with Crippen molar-refractivity contribution in [1.82, 2.24) is 0 Å². The van der Waals surface area contributed by atoms with Crippen LogP contribution < -0.4 is 0 Å². The van der Waals surface area contributed by atoms with E-state index in [0.717, 1.165) is 0 Å². The summed E-state index contributed by atoms with van der Waals surface area (Å²) in [5, 5.41) is 31.2. The average Bonchev–Trinajstić information content (AvgIpc) is 2.95. The molecule has 0 spiro atoms. The quantitative estimate of drug-likeness (QED) is 0.691. The Morgan fingerprint density at radius 2 is 2.04 bits per heavy atom. The van der Waals surface area contributed by atoms with Crippen LogP contribution in [0.1, 0.15) is 72.0 Å². The molecule has 0 amide bonds. The van der Waals surface area contributed by atoms with Crippen LogP contribution in [0.2, 0.25) is 0 Å². The highest BCUT2D eigenvalue weighted by molar-refractivity contribution is 5.92. The Morgan fingerprint density at radius 1 is 1.31 bits per heavy atom. The van der Waals surface area contributed by atoms with Gasteiger partial charge in [-0.2, -0.15) is 0 Å². The van der Waals surface area contributed by atoms with Gasteiger partial charge in [0.2, 0.25) is 0 Å². The fourth-order valence-electron chi connectivity index (χ4n) is 6.71. The van der Waals surface area contributed by atoms with E-state index in [9.17, 15) is 26.3 Å². The summed E-state index contributed by atoms with van der Waals surface area (Å²) in [5.41, 5.74) is -5.36. The van der Waals surface area contributed by atoms with Gasteiger partial charge in [-0.1, -0.05) is 13.8 Å². The predicted molar refractivity (Wildman–Crippen MR) is 95.2 cm³/mol. The SMILES string of the molecule is [2H]C([2H])(O)C(=O)[C@@]1(O)CC[C@H]2[C@@H]3CC[C@@H]4C[C@H](O)CC[C@]4(C)[C@@]3([2H])C(=O)C([2H])([2H])[C@@]21C. The Kier molecular flexibility index (Phi) is 3.02. The van der Waals surface area contributed by atoms with Crippen LogP contribution >= 0.6 is 0 Å². The number of carbonyl (C=O) groups excluding carboxylic acids is 2. The molecule has 4 fully saturated rings. The Bertz CT molecular complexity index is 829. The zero-order valence-electron chi connectivity index (χ0n) is 20.4. The highest BCUT2D eigenvalue weighted by Gasteiger charge is 2.68. The Labute approximate surface area is 162 Å². The first-order valence-electron chi connectivity index (χ1n) is 12.2. The van der Waals surface area contributed by atoms with Gasteiger partial charge in [0.1, 0.15) is 17.9 Å². The van der Waals surface area contributed by atoms with Gasteiger partial charge in [0.05, 0.1) is 8.85 Å². The number of aliphatic hydroxyl groups excluding tert-OH is 1. The molecule has 0 aliphatic heterocycles. The summed E-state index contributed by atoms with van der Waals surface area (Å²) in [7, 11) is 0. The third-order valence-electron chi connectivity index (χ3n) is 8.27. The molecular formula is C21H32O5. The number of hydrogen-bond acceptors (Lipinski definition) is 5. The maximum atomic E-state index is 13.8. The highest BCUT2D eigenvalue weighted by Crippen LogP contribution is 2.67. The molecule has 0 aromatic carbocycles. The molecule has 0 heterocycles. The molecule has 0 saturated heterocycles. The largest absolute Gasteiger partial charge is 0.393 e. The molecule has 146 valence electrons. The second kappa shape index (κ2) is 5.86. The van der Waals surface area contributed by atoms with Crippen LogP contribution in [-0.2, 0) is 9.59 Å². The van der Waals surface area contributed by atoms with E-state index in [1.165, 1.54) is 6.92 Å². The zero-order chi connectivity index (χ0) is 23.4. The van der Waals surface area contributed by atoms with Crippen molar-refractivity contribution >= 4 is 11.6 Å². The van der Waals surface area contributed by atoms with E-state index in [-0.39, 0.29) is 18.8 Å². The van der Waals surface area contributed by atoms with Crippen LogP contribution in [0.5, 0.6) is 0 Å². The van der Waals surface area contributed by atoms with E-state index < -0.39 is 64.8 Å². The van der Waals surface area contributed by atoms with Crippen molar-refractivity contribution in [3.8, 4) is 0 Å². The van der Waals surface area contributed by atoms with Crippen molar-refractivity contribution < 1.29 is 31.8 Å². The molecular weight excluding hydrogens is 332 g/mol. The van der Waals surface area contributed by atoms with Gasteiger partial charge in [-0.25, -0.2) is 0 Å². The average molecular weight is 370 g/mol.